The largest absolute Gasteiger partial charge is 0.378 e. The number of benzene rings is 1. The van der Waals surface area contributed by atoms with Crippen LogP contribution in [-0.4, -0.2) is 39.8 Å². The van der Waals surface area contributed by atoms with Crippen LogP contribution in [0.5, 0.6) is 0 Å². The van der Waals surface area contributed by atoms with Crippen LogP contribution in [0, 0.1) is 0 Å². The molecule has 17 heavy (non-hydrogen) atoms. The molecule has 94 valence electrons. The second-order valence-electron chi connectivity index (χ2n) is 3.89. The molecule has 0 aliphatic rings. The van der Waals surface area contributed by atoms with Crippen LogP contribution in [0.3, 0.4) is 0 Å². The van der Waals surface area contributed by atoms with Gasteiger partial charge in [0.15, 0.2) is 0 Å². The molecule has 0 aliphatic heterocycles. The molecule has 0 aromatic heterocycles. The van der Waals surface area contributed by atoms with Crippen molar-refractivity contribution in [2.45, 2.75) is 6.10 Å². The highest BCUT2D eigenvalue weighted by Gasteiger charge is 2.15. The lowest BCUT2D eigenvalue weighted by atomic mass is 10.2. The van der Waals surface area contributed by atoms with Gasteiger partial charge in [0.05, 0.1) is 0 Å². The number of anilines is 2. The molecule has 5 heteroatoms. The fourth-order valence-electron chi connectivity index (χ4n) is 1.39. The molecule has 1 rings (SSSR count). The molecule has 1 unspecified atom stereocenters. The highest BCUT2D eigenvalue weighted by Crippen LogP contribution is 2.17. The first kappa shape index (κ1) is 13.5. The second-order valence-corrected chi connectivity index (χ2v) is 3.89. The third kappa shape index (κ3) is 3.72. The number of methoxy groups -OCH3 is 1. The number of carbonyl (C=O) groups is 1. The number of nitrogens with zero attached hydrogens (tertiary/aromatic N) is 1. The molecule has 1 aromatic rings. The number of hydrogen-bond donors (Lipinski definition) is 2. The molecular formula is C12H19N3O2. The van der Waals surface area contributed by atoms with Crippen LogP contribution in [-0.2, 0) is 9.53 Å². The molecule has 0 fully saturated rings. The van der Waals surface area contributed by atoms with E-state index >= 15 is 0 Å². The summed E-state index contributed by atoms with van der Waals surface area (Å²) in [5.74, 6) is -0.231. The SMILES string of the molecule is COC(CN)C(=O)Nc1cccc(N(C)C)c1. The molecule has 0 aliphatic carbocycles. The first-order valence-electron chi connectivity index (χ1n) is 5.39. The topological polar surface area (TPSA) is 67.6 Å². The van der Waals surface area contributed by atoms with Crippen LogP contribution in [0.1, 0.15) is 0 Å². The minimum absolute atomic E-state index is 0.162. The van der Waals surface area contributed by atoms with Crippen molar-refractivity contribution in [1.29, 1.82) is 0 Å². The van der Waals surface area contributed by atoms with Gasteiger partial charge in [-0.15, -0.1) is 0 Å². The van der Waals surface area contributed by atoms with Gasteiger partial charge in [-0.2, -0.15) is 0 Å². The maximum Gasteiger partial charge on any atom is 0.254 e. The van der Waals surface area contributed by atoms with E-state index in [1.807, 2.05) is 43.3 Å². The Bertz CT molecular complexity index is 376. The van der Waals surface area contributed by atoms with Crippen molar-refractivity contribution in [3.05, 3.63) is 24.3 Å². The Morgan fingerprint density at radius 2 is 2.24 bits per heavy atom. The normalized spacial score (nSPS) is 12.0. The van der Waals surface area contributed by atoms with Gasteiger partial charge in [-0.3, -0.25) is 4.79 Å². The van der Waals surface area contributed by atoms with E-state index in [9.17, 15) is 4.79 Å². The Kier molecular flexibility index (Phi) is 4.93. The zero-order chi connectivity index (χ0) is 12.8. The monoisotopic (exact) mass is 237 g/mol. The van der Waals surface area contributed by atoms with E-state index in [1.54, 1.807) is 0 Å². The number of rotatable bonds is 5. The molecule has 0 heterocycles. The van der Waals surface area contributed by atoms with Crippen molar-refractivity contribution >= 4 is 17.3 Å². The molecule has 0 saturated heterocycles. The van der Waals surface area contributed by atoms with Crippen LogP contribution in [0.25, 0.3) is 0 Å². The first-order valence-corrected chi connectivity index (χ1v) is 5.39. The average molecular weight is 237 g/mol. The smallest absolute Gasteiger partial charge is 0.254 e. The van der Waals surface area contributed by atoms with Gasteiger partial charge in [-0.25, -0.2) is 0 Å². The molecule has 0 radical (unpaired) electrons. The highest BCUT2D eigenvalue weighted by atomic mass is 16.5. The number of nitrogens with two attached hydrogens (primary N) is 1. The van der Waals surface area contributed by atoms with Crippen molar-refractivity contribution in [2.75, 3.05) is 38.0 Å². The summed E-state index contributed by atoms with van der Waals surface area (Å²) in [6, 6.07) is 7.57. The van der Waals surface area contributed by atoms with Gasteiger partial charge in [0.2, 0.25) is 0 Å². The van der Waals surface area contributed by atoms with E-state index < -0.39 is 6.10 Å². The quantitative estimate of drug-likeness (QED) is 0.789. The zero-order valence-electron chi connectivity index (χ0n) is 10.4. The maximum absolute atomic E-state index is 11.7. The van der Waals surface area contributed by atoms with Crippen LogP contribution in [0.2, 0.25) is 0 Å². The lowest BCUT2D eigenvalue weighted by Crippen LogP contribution is -2.35. The summed E-state index contributed by atoms with van der Waals surface area (Å²) in [6.07, 6.45) is -0.613. The van der Waals surface area contributed by atoms with Crippen LogP contribution >= 0.6 is 0 Å². The van der Waals surface area contributed by atoms with Gasteiger partial charge < -0.3 is 20.7 Å². The summed E-state index contributed by atoms with van der Waals surface area (Å²) < 4.78 is 4.96. The number of hydrogen-bond acceptors (Lipinski definition) is 4. The minimum atomic E-state index is -0.613. The van der Waals surface area contributed by atoms with Crippen molar-refractivity contribution in [3.63, 3.8) is 0 Å². The minimum Gasteiger partial charge on any atom is -0.378 e. The standard InChI is InChI=1S/C12H19N3O2/c1-15(2)10-6-4-5-9(7-10)14-12(16)11(8-13)17-3/h4-7,11H,8,13H2,1-3H3,(H,14,16). The molecule has 0 spiro atoms. The fraction of sp³-hybridized carbons (Fsp3) is 0.417. The molecule has 0 saturated carbocycles. The van der Waals surface area contributed by atoms with Gasteiger partial charge in [-0.1, -0.05) is 6.07 Å². The van der Waals surface area contributed by atoms with Gasteiger partial charge in [0.25, 0.3) is 5.91 Å². The number of nitrogens with one attached hydrogen (secondary N) is 1. The van der Waals surface area contributed by atoms with Gasteiger partial charge >= 0.3 is 0 Å². The van der Waals surface area contributed by atoms with Gasteiger partial charge in [-0.05, 0) is 18.2 Å². The number of carbonyl (C=O) groups excluding carboxylic acids is 1. The van der Waals surface area contributed by atoms with Crippen LogP contribution in [0.15, 0.2) is 24.3 Å². The highest BCUT2D eigenvalue weighted by molar-refractivity contribution is 5.94. The molecule has 0 bridgehead atoms. The number of amides is 1. The van der Waals surface area contributed by atoms with Crippen LogP contribution in [0.4, 0.5) is 11.4 Å². The molecular weight excluding hydrogens is 218 g/mol. The maximum atomic E-state index is 11.7. The van der Waals surface area contributed by atoms with Gasteiger partial charge in [0, 0.05) is 39.1 Å². The molecule has 5 nitrogen and oxygen atoms in total. The van der Waals surface area contributed by atoms with E-state index in [1.165, 1.54) is 7.11 Å². The Morgan fingerprint density at radius 1 is 1.53 bits per heavy atom. The lowest BCUT2D eigenvalue weighted by molar-refractivity contribution is -0.125. The molecule has 3 N–H and O–H groups in total. The van der Waals surface area contributed by atoms with E-state index in [-0.39, 0.29) is 12.5 Å². The Labute approximate surface area is 102 Å². The van der Waals surface area contributed by atoms with Gasteiger partial charge in [0.1, 0.15) is 6.10 Å². The third-order valence-electron chi connectivity index (χ3n) is 2.42. The van der Waals surface area contributed by atoms with Crippen molar-refractivity contribution in [3.8, 4) is 0 Å². The summed E-state index contributed by atoms with van der Waals surface area (Å²) in [5, 5.41) is 2.77. The summed E-state index contributed by atoms with van der Waals surface area (Å²) in [7, 11) is 5.35. The predicted molar refractivity (Wildman–Crippen MR) is 69.3 cm³/mol. The van der Waals surface area contributed by atoms with E-state index in [0.717, 1.165) is 11.4 Å². The van der Waals surface area contributed by atoms with Crippen molar-refractivity contribution in [2.24, 2.45) is 5.73 Å². The fourth-order valence-corrected chi connectivity index (χ4v) is 1.39. The summed E-state index contributed by atoms with van der Waals surface area (Å²) in [6.45, 7) is 0.162. The van der Waals surface area contributed by atoms with E-state index in [2.05, 4.69) is 5.32 Å². The average Bonchev–Trinajstić information content (AvgIpc) is 2.30. The lowest BCUT2D eigenvalue weighted by Gasteiger charge is -2.16. The summed E-state index contributed by atoms with van der Waals surface area (Å²) >= 11 is 0. The van der Waals surface area contributed by atoms with E-state index in [4.69, 9.17) is 10.5 Å². The van der Waals surface area contributed by atoms with E-state index in [0.29, 0.717) is 0 Å². The van der Waals surface area contributed by atoms with Crippen molar-refractivity contribution in [1.82, 2.24) is 0 Å². The zero-order valence-corrected chi connectivity index (χ0v) is 10.4. The molecule has 1 amide bonds. The van der Waals surface area contributed by atoms with Crippen molar-refractivity contribution < 1.29 is 9.53 Å². The Balaban J connectivity index is 2.74. The third-order valence-corrected chi connectivity index (χ3v) is 2.42. The molecule has 1 atom stereocenters. The summed E-state index contributed by atoms with van der Waals surface area (Å²) in [4.78, 5) is 13.7. The Hall–Kier alpha value is -1.59. The summed E-state index contributed by atoms with van der Waals surface area (Å²) in [5.41, 5.74) is 7.17. The second kappa shape index (κ2) is 6.22. The predicted octanol–water partition coefficient (Wildman–Crippen LogP) is 0.665. The first-order chi connectivity index (χ1) is 8.08. The number of ether oxygens (including phenoxy) is 1. The Morgan fingerprint density at radius 3 is 2.76 bits per heavy atom. The van der Waals surface area contributed by atoms with Crippen LogP contribution < -0.4 is 16.0 Å². The molecule has 1 aromatic carbocycles.